The second-order valence-electron chi connectivity index (χ2n) is 2.92. The van der Waals surface area contributed by atoms with Gasteiger partial charge in [-0.05, 0) is 28.1 Å². The predicted octanol–water partition coefficient (Wildman–Crippen LogP) is 3.77. The van der Waals surface area contributed by atoms with Gasteiger partial charge in [-0.2, -0.15) is 0 Å². The molecule has 0 aromatic heterocycles. The van der Waals surface area contributed by atoms with Crippen LogP contribution in [-0.2, 0) is 0 Å². The van der Waals surface area contributed by atoms with E-state index in [9.17, 15) is 0 Å². The van der Waals surface area contributed by atoms with Crippen molar-refractivity contribution in [2.45, 2.75) is 13.8 Å². The van der Waals surface area contributed by atoms with Crippen molar-refractivity contribution in [3.8, 4) is 0 Å². The van der Waals surface area contributed by atoms with Crippen molar-refractivity contribution in [2.75, 3.05) is 0 Å². The maximum Gasteiger partial charge on any atom is 0.0861 e. The zero-order valence-electron chi connectivity index (χ0n) is 7.29. The van der Waals surface area contributed by atoms with Gasteiger partial charge < -0.3 is 0 Å². The molecule has 0 amide bonds. The highest BCUT2D eigenvalue weighted by Gasteiger charge is 1.99. The van der Waals surface area contributed by atoms with Gasteiger partial charge in [0.2, 0.25) is 0 Å². The summed E-state index contributed by atoms with van der Waals surface area (Å²) >= 11 is 3.43. The summed E-state index contributed by atoms with van der Waals surface area (Å²) in [7, 11) is 0. The van der Waals surface area contributed by atoms with Crippen molar-refractivity contribution in [3.63, 3.8) is 0 Å². The molecule has 1 aromatic carbocycles. The SMILES string of the molecule is CC(C)C(Br)=Nc1ccccc1. The maximum absolute atomic E-state index is 4.39. The Morgan fingerprint density at radius 3 is 2.33 bits per heavy atom. The lowest BCUT2D eigenvalue weighted by Gasteiger charge is -2.00. The molecule has 0 aliphatic rings. The molecule has 0 N–H and O–H groups in total. The molecule has 12 heavy (non-hydrogen) atoms. The van der Waals surface area contributed by atoms with Gasteiger partial charge in [-0.25, -0.2) is 4.99 Å². The summed E-state index contributed by atoms with van der Waals surface area (Å²) in [6, 6.07) is 9.94. The van der Waals surface area contributed by atoms with Gasteiger partial charge in [0, 0.05) is 5.92 Å². The fourth-order valence-corrected chi connectivity index (χ4v) is 0.960. The molecule has 0 bridgehead atoms. The van der Waals surface area contributed by atoms with E-state index >= 15 is 0 Å². The largest absolute Gasteiger partial charge is 0.246 e. The third-order valence-electron chi connectivity index (χ3n) is 1.47. The van der Waals surface area contributed by atoms with Gasteiger partial charge in [-0.15, -0.1) is 0 Å². The first kappa shape index (κ1) is 9.46. The predicted molar refractivity (Wildman–Crippen MR) is 57.3 cm³/mol. The quantitative estimate of drug-likeness (QED) is 0.680. The molecule has 64 valence electrons. The standard InChI is InChI=1S/C10H12BrN/c1-8(2)10(11)12-9-6-4-3-5-7-9/h3-8H,1-2H3. The molecule has 0 atom stereocenters. The second kappa shape index (κ2) is 4.41. The minimum Gasteiger partial charge on any atom is -0.246 e. The van der Waals surface area contributed by atoms with Crippen LogP contribution in [0, 0.1) is 5.92 Å². The highest BCUT2D eigenvalue weighted by atomic mass is 79.9. The van der Waals surface area contributed by atoms with Gasteiger partial charge >= 0.3 is 0 Å². The molecule has 0 heterocycles. The number of benzene rings is 1. The summed E-state index contributed by atoms with van der Waals surface area (Å²) < 4.78 is 0.994. The van der Waals surface area contributed by atoms with Crippen molar-refractivity contribution < 1.29 is 0 Å². The van der Waals surface area contributed by atoms with Crippen LogP contribution in [-0.4, -0.2) is 4.62 Å². The fraction of sp³-hybridized carbons (Fsp3) is 0.300. The van der Waals surface area contributed by atoms with Crippen LogP contribution in [0.2, 0.25) is 0 Å². The van der Waals surface area contributed by atoms with Crippen molar-refractivity contribution >= 4 is 26.2 Å². The Bertz CT molecular complexity index is 264. The lowest BCUT2D eigenvalue weighted by atomic mass is 10.2. The fourth-order valence-electron chi connectivity index (χ4n) is 0.755. The van der Waals surface area contributed by atoms with Crippen LogP contribution < -0.4 is 0 Å². The number of para-hydroxylation sites is 1. The highest BCUT2D eigenvalue weighted by Crippen LogP contribution is 2.15. The molecule has 0 unspecified atom stereocenters. The van der Waals surface area contributed by atoms with Gasteiger partial charge in [0.05, 0.1) is 10.3 Å². The van der Waals surface area contributed by atoms with E-state index < -0.39 is 0 Å². The molecule has 1 nitrogen and oxygen atoms in total. The summed E-state index contributed by atoms with van der Waals surface area (Å²) in [4.78, 5) is 4.39. The summed E-state index contributed by atoms with van der Waals surface area (Å²) in [5.74, 6) is 0.449. The third-order valence-corrected chi connectivity index (χ3v) is 2.56. The molecular weight excluding hydrogens is 214 g/mol. The van der Waals surface area contributed by atoms with E-state index in [1.54, 1.807) is 0 Å². The molecule has 0 aliphatic heterocycles. The van der Waals surface area contributed by atoms with Crippen LogP contribution in [0.4, 0.5) is 5.69 Å². The van der Waals surface area contributed by atoms with E-state index in [0.717, 1.165) is 10.3 Å². The lowest BCUT2D eigenvalue weighted by molar-refractivity contribution is 0.902. The zero-order valence-corrected chi connectivity index (χ0v) is 8.88. The molecular formula is C10H12BrN. The van der Waals surface area contributed by atoms with Crippen LogP contribution in [0.5, 0.6) is 0 Å². The molecule has 0 saturated carbocycles. The minimum atomic E-state index is 0.449. The minimum absolute atomic E-state index is 0.449. The average molecular weight is 226 g/mol. The Morgan fingerprint density at radius 2 is 1.83 bits per heavy atom. The van der Waals surface area contributed by atoms with Crippen LogP contribution in [0.15, 0.2) is 35.3 Å². The first-order valence-corrected chi connectivity index (χ1v) is 4.78. The van der Waals surface area contributed by atoms with Crippen LogP contribution in [0.3, 0.4) is 0 Å². The number of hydrogen-bond acceptors (Lipinski definition) is 1. The van der Waals surface area contributed by atoms with Crippen LogP contribution in [0.25, 0.3) is 0 Å². The normalized spacial score (nSPS) is 12.2. The Hall–Kier alpha value is -0.630. The Morgan fingerprint density at radius 1 is 1.25 bits per heavy atom. The van der Waals surface area contributed by atoms with Crippen molar-refractivity contribution in [1.82, 2.24) is 0 Å². The van der Waals surface area contributed by atoms with Crippen molar-refractivity contribution in [2.24, 2.45) is 10.9 Å². The monoisotopic (exact) mass is 225 g/mol. The summed E-state index contributed by atoms with van der Waals surface area (Å²) in [5, 5.41) is 0. The number of halogens is 1. The Labute approximate surface area is 81.7 Å². The van der Waals surface area contributed by atoms with E-state index in [4.69, 9.17) is 0 Å². The molecule has 2 heteroatoms. The molecule has 0 radical (unpaired) electrons. The van der Waals surface area contributed by atoms with Gasteiger partial charge in [0.15, 0.2) is 0 Å². The topological polar surface area (TPSA) is 12.4 Å². The van der Waals surface area contributed by atoms with E-state index in [1.165, 1.54) is 0 Å². The highest BCUT2D eigenvalue weighted by molar-refractivity contribution is 9.18. The number of aliphatic imine (C=N–C) groups is 1. The zero-order chi connectivity index (χ0) is 8.97. The van der Waals surface area contributed by atoms with E-state index in [0.29, 0.717) is 5.92 Å². The van der Waals surface area contributed by atoms with Gasteiger partial charge in [-0.1, -0.05) is 32.0 Å². The second-order valence-corrected chi connectivity index (χ2v) is 3.74. The van der Waals surface area contributed by atoms with E-state index in [2.05, 4.69) is 34.8 Å². The van der Waals surface area contributed by atoms with Crippen LogP contribution in [0.1, 0.15) is 13.8 Å². The van der Waals surface area contributed by atoms with Crippen LogP contribution >= 0.6 is 15.9 Å². The van der Waals surface area contributed by atoms with Crippen molar-refractivity contribution in [1.29, 1.82) is 0 Å². The van der Waals surface area contributed by atoms with Gasteiger partial charge in [0.1, 0.15) is 0 Å². The first-order chi connectivity index (χ1) is 5.70. The number of nitrogens with zero attached hydrogens (tertiary/aromatic N) is 1. The number of hydrogen-bond donors (Lipinski definition) is 0. The maximum atomic E-state index is 4.39. The molecule has 0 aliphatic carbocycles. The third kappa shape index (κ3) is 2.78. The summed E-state index contributed by atoms with van der Waals surface area (Å²) in [6.45, 7) is 4.22. The lowest BCUT2D eigenvalue weighted by Crippen LogP contribution is -1.96. The number of rotatable bonds is 2. The molecule has 1 rings (SSSR count). The van der Waals surface area contributed by atoms with Gasteiger partial charge in [0.25, 0.3) is 0 Å². The molecule has 0 spiro atoms. The molecule has 0 saturated heterocycles. The first-order valence-electron chi connectivity index (χ1n) is 3.99. The van der Waals surface area contributed by atoms with Crippen molar-refractivity contribution in [3.05, 3.63) is 30.3 Å². The summed E-state index contributed by atoms with van der Waals surface area (Å²) in [5.41, 5.74) is 0.998. The van der Waals surface area contributed by atoms with E-state index in [-0.39, 0.29) is 0 Å². The summed E-state index contributed by atoms with van der Waals surface area (Å²) in [6.07, 6.45) is 0. The molecule has 1 aromatic rings. The Kier molecular flexibility index (Phi) is 3.48. The average Bonchev–Trinajstić information content (AvgIpc) is 2.06. The molecule has 0 fully saturated rings. The van der Waals surface area contributed by atoms with Gasteiger partial charge in [-0.3, -0.25) is 0 Å². The smallest absolute Gasteiger partial charge is 0.0861 e. The van der Waals surface area contributed by atoms with E-state index in [1.807, 2.05) is 30.3 Å². The Balaban J connectivity index is 2.81.